The predicted octanol–water partition coefficient (Wildman–Crippen LogP) is 3.74. The van der Waals surface area contributed by atoms with Crippen LogP contribution in [0.4, 0.5) is 4.39 Å². The van der Waals surface area contributed by atoms with Crippen molar-refractivity contribution < 1.29 is 28.6 Å². The zero-order valence-corrected chi connectivity index (χ0v) is 13.5. The Balaban J connectivity index is 2.45. The zero-order valence-electron chi connectivity index (χ0n) is 13.5. The van der Waals surface area contributed by atoms with Crippen molar-refractivity contribution in [3.05, 3.63) is 41.7 Å². The maximum Gasteiger partial charge on any atom is 0.335 e. The topological polar surface area (TPSA) is 72.8 Å². The minimum absolute atomic E-state index is 0.0221. The van der Waals surface area contributed by atoms with Crippen LogP contribution in [0.2, 0.25) is 0 Å². The molecule has 1 aromatic carbocycles. The molecule has 0 aliphatic heterocycles. The van der Waals surface area contributed by atoms with E-state index in [0.29, 0.717) is 17.7 Å². The van der Waals surface area contributed by atoms with Crippen molar-refractivity contribution in [3.8, 4) is 5.75 Å². The molecule has 1 aromatic rings. The maximum atomic E-state index is 12.8. The molecule has 0 aliphatic carbocycles. The Kier molecular flexibility index (Phi) is 6.75. The van der Waals surface area contributed by atoms with Gasteiger partial charge in [-0.1, -0.05) is 0 Å². The molecule has 0 atom stereocenters. The van der Waals surface area contributed by atoms with Crippen molar-refractivity contribution in [1.82, 2.24) is 0 Å². The quantitative estimate of drug-likeness (QED) is 0.774. The highest BCUT2D eigenvalue weighted by molar-refractivity contribution is 5.87. The van der Waals surface area contributed by atoms with Crippen molar-refractivity contribution in [1.29, 1.82) is 0 Å². The number of carbonyl (C=O) groups excluding carboxylic acids is 1. The number of aromatic carboxylic acids is 1. The van der Waals surface area contributed by atoms with E-state index in [0.717, 1.165) is 0 Å². The highest BCUT2D eigenvalue weighted by Gasteiger charge is 2.16. The van der Waals surface area contributed by atoms with E-state index >= 15 is 0 Å². The van der Waals surface area contributed by atoms with Gasteiger partial charge in [0.1, 0.15) is 18.0 Å². The average Bonchev–Trinajstić information content (AvgIpc) is 2.46. The summed E-state index contributed by atoms with van der Waals surface area (Å²) >= 11 is 0. The Morgan fingerprint density at radius 3 is 2.26 bits per heavy atom. The fraction of sp³-hybridized carbons (Fsp3) is 0.412. The number of esters is 1. The fourth-order valence-electron chi connectivity index (χ4n) is 1.68. The van der Waals surface area contributed by atoms with Gasteiger partial charge in [0.05, 0.1) is 11.9 Å². The molecule has 0 aliphatic rings. The number of hydrogen-bond acceptors (Lipinski definition) is 4. The number of rotatable bonds is 7. The van der Waals surface area contributed by atoms with Crippen LogP contribution in [0.1, 0.15) is 44.0 Å². The van der Waals surface area contributed by atoms with Gasteiger partial charge in [-0.2, -0.15) is 0 Å². The van der Waals surface area contributed by atoms with Gasteiger partial charge < -0.3 is 14.6 Å². The lowest BCUT2D eigenvalue weighted by Crippen LogP contribution is -2.23. The van der Waals surface area contributed by atoms with E-state index in [2.05, 4.69) is 0 Å². The van der Waals surface area contributed by atoms with Crippen LogP contribution in [0.25, 0.3) is 0 Å². The Hall–Kier alpha value is -2.37. The number of ether oxygens (including phenoxy) is 2. The molecule has 1 N–H and O–H groups in total. The lowest BCUT2D eigenvalue weighted by atomic mass is 10.1. The molecule has 1 rings (SSSR count). The Morgan fingerprint density at radius 1 is 1.17 bits per heavy atom. The minimum atomic E-state index is -1.03. The zero-order chi connectivity index (χ0) is 17.5. The average molecular weight is 324 g/mol. The largest absolute Gasteiger partial charge is 0.489 e. The first-order chi connectivity index (χ1) is 10.7. The summed E-state index contributed by atoms with van der Waals surface area (Å²) in [5, 5.41) is 8.79. The van der Waals surface area contributed by atoms with Crippen LogP contribution >= 0.6 is 0 Å². The van der Waals surface area contributed by atoms with Crippen LogP contribution in [0.15, 0.2) is 36.2 Å². The molecule has 0 saturated heterocycles. The number of carboxylic acids is 1. The Labute approximate surface area is 134 Å². The third kappa shape index (κ3) is 7.44. The van der Waals surface area contributed by atoms with Crippen LogP contribution in [0.5, 0.6) is 5.75 Å². The third-order valence-electron chi connectivity index (χ3n) is 2.75. The second kappa shape index (κ2) is 8.31. The molecule has 0 heterocycles. The highest BCUT2D eigenvalue weighted by atomic mass is 19.1. The molecule has 0 fully saturated rings. The van der Waals surface area contributed by atoms with Crippen molar-refractivity contribution in [2.24, 2.45) is 0 Å². The number of carboxylic acid groups (broad SMARTS) is 1. The molecule has 0 amide bonds. The van der Waals surface area contributed by atoms with Crippen molar-refractivity contribution in [3.63, 3.8) is 0 Å². The standard InChI is InChI=1S/C17H21FO5/c1-17(2,3)23-15(19)9-4-12(10-18)11-22-14-7-5-13(6-8-14)16(20)21/h5-8,10H,4,9,11H2,1-3H3,(H,20,21). The molecule has 126 valence electrons. The number of benzene rings is 1. The van der Waals surface area contributed by atoms with Gasteiger partial charge in [0.25, 0.3) is 0 Å². The van der Waals surface area contributed by atoms with Crippen molar-refractivity contribution in [2.75, 3.05) is 6.61 Å². The molecule has 0 aromatic heterocycles. The van der Waals surface area contributed by atoms with E-state index in [1.165, 1.54) is 24.3 Å². The van der Waals surface area contributed by atoms with Crippen LogP contribution in [0.3, 0.4) is 0 Å². The highest BCUT2D eigenvalue weighted by Crippen LogP contribution is 2.16. The lowest BCUT2D eigenvalue weighted by Gasteiger charge is -2.19. The van der Waals surface area contributed by atoms with Crippen LogP contribution in [0, 0.1) is 0 Å². The molecule has 0 spiro atoms. The Morgan fingerprint density at radius 2 is 1.78 bits per heavy atom. The number of halogens is 1. The third-order valence-corrected chi connectivity index (χ3v) is 2.75. The minimum Gasteiger partial charge on any atom is -0.489 e. The van der Waals surface area contributed by atoms with E-state index in [-0.39, 0.29) is 25.0 Å². The lowest BCUT2D eigenvalue weighted by molar-refractivity contribution is -0.154. The van der Waals surface area contributed by atoms with E-state index < -0.39 is 17.5 Å². The SMILES string of the molecule is CC(C)(C)OC(=O)CCC(=CF)COc1ccc(C(=O)O)cc1. The van der Waals surface area contributed by atoms with E-state index in [9.17, 15) is 14.0 Å². The molecule has 0 radical (unpaired) electrons. The number of hydrogen-bond donors (Lipinski definition) is 1. The van der Waals surface area contributed by atoms with Gasteiger partial charge in [0.2, 0.25) is 0 Å². The van der Waals surface area contributed by atoms with Crippen LogP contribution in [-0.2, 0) is 9.53 Å². The first kappa shape index (κ1) is 18.7. The molecule has 5 nitrogen and oxygen atoms in total. The van der Waals surface area contributed by atoms with E-state index in [1.807, 2.05) is 0 Å². The molecule has 6 heteroatoms. The van der Waals surface area contributed by atoms with Crippen molar-refractivity contribution >= 4 is 11.9 Å². The summed E-state index contributed by atoms with van der Waals surface area (Å²) in [6, 6.07) is 5.79. The molecule has 0 unspecified atom stereocenters. The van der Waals surface area contributed by atoms with E-state index in [1.54, 1.807) is 20.8 Å². The summed E-state index contributed by atoms with van der Waals surface area (Å²) in [4.78, 5) is 22.3. The molecular formula is C17H21FO5. The summed E-state index contributed by atoms with van der Waals surface area (Å²) in [7, 11) is 0. The van der Waals surface area contributed by atoms with E-state index in [4.69, 9.17) is 14.6 Å². The summed E-state index contributed by atoms with van der Waals surface area (Å²) < 4.78 is 23.4. The second-order valence-electron chi connectivity index (χ2n) is 5.97. The molecule has 0 bridgehead atoms. The number of carbonyl (C=O) groups is 2. The van der Waals surface area contributed by atoms with Gasteiger partial charge in [-0.15, -0.1) is 0 Å². The monoisotopic (exact) mass is 324 g/mol. The van der Waals surface area contributed by atoms with Gasteiger partial charge in [-0.25, -0.2) is 9.18 Å². The van der Waals surface area contributed by atoms with Gasteiger partial charge in [0, 0.05) is 6.42 Å². The van der Waals surface area contributed by atoms with Crippen LogP contribution < -0.4 is 4.74 Å². The molecule has 0 saturated carbocycles. The van der Waals surface area contributed by atoms with Gasteiger partial charge >= 0.3 is 11.9 Å². The first-order valence-corrected chi connectivity index (χ1v) is 7.17. The summed E-state index contributed by atoms with van der Waals surface area (Å²) in [5.41, 5.74) is -0.110. The Bertz CT molecular complexity index is 570. The molecule has 23 heavy (non-hydrogen) atoms. The molecular weight excluding hydrogens is 303 g/mol. The smallest absolute Gasteiger partial charge is 0.335 e. The van der Waals surface area contributed by atoms with Gasteiger partial charge in [-0.3, -0.25) is 4.79 Å². The first-order valence-electron chi connectivity index (χ1n) is 7.17. The predicted molar refractivity (Wildman–Crippen MR) is 83.2 cm³/mol. The second-order valence-corrected chi connectivity index (χ2v) is 5.97. The maximum absolute atomic E-state index is 12.8. The fourth-order valence-corrected chi connectivity index (χ4v) is 1.68. The van der Waals surface area contributed by atoms with Crippen LogP contribution in [-0.4, -0.2) is 29.3 Å². The summed E-state index contributed by atoms with van der Waals surface area (Å²) in [5.74, 6) is -1.01. The van der Waals surface area contributed by atoms with Gasteiger partial charge in [0.15, 0.2) is 0 Å². The normalized spacial score (nSPS) is 11.9. The van der Waals surface area contributed by atoms with Gasteiger partial charge in [-0.05, 0) is 57.0 Å². The summed E-state index contributed by atoms with van der Waals surface area (Å²) in [6.07, 6.45) is 0.670. The van der Waals surface area contributed by atoms with Crippen molar-refractivity contribution in [2.45, 2.75) is 39.2 Å². The summed E-state index contributed by atoms with van der Waals surface area (Å²) in [6.45, 7) is 5.27.